The van der Waals surface area contributed by atoms with Gasteiger partial charge in [-0.3, -0.25) is 0 Å². The molecular weight excluding hydrogens is 156 g/mol. The van der Waals surface area contributed by atoms with Crippen LogP contribution in [0.2, 0.25) is 0 Å². The molecular formula is C13H18. The maximum absolute atomic E-state index is 2.28. The fourth-order valence-corrected chi connectivity index (χ4v) is 1.38. The van der Waals surface area contributed by atoms with E-state index in [-0.39, 0.29) is 0 Å². The zero-order chi connectivity index (χ0) is 9.52. The second kappa shape index (κ2) is 5.58. The summed E-state index contributed by atoms with van der Waals surface area (Å²) >= 11 is 0. The molecule has 0 saturated carbocycles. The molecule has 0 spiro atoms. The SMILES string of the molecule is CC/C=C/CC(C)c1ccccc1. The van der Waals surface area contributed by atoms with E-state index >= 15 is 0 Å². The molecule has 0 aliphatic heterocycles. The Morgan fingerprint density at radius 1 is 1.15 bits per heavy atom. The summed E-state index contributed by atoms with van der Waals surface area (Å²) in [6, 6.07) is 10.7. The van der Waals surface area contributed by atoms with Gasteiger partial charge in [0.15, 0.2) is 0 Å². The molecule has 1 aromatic rings. The Morgan fingerprint density at radius 2 is 1.85 bits per heavy atom. The first-order chi connectivity index (χ1) is 6.34. The van der Waals surface area contributed by atoms with Gasteiger partial charge in [-0.15, -0.1) is 0 Å². The quantitative estimate of drug-likeness (QED) is 0.602. The van der Waals surface area contributed by atoms with Crippen molar-refractivity contribution < 1.29 is 0 Å². The van der Waals surface area contributed by atoms with Crippen LogP contribution in [-0.2, 0) is 0 Å². The first-order valence-electron chi connectivity index (χ1n) is 5.04. The standard InChI is InChI=1S/C13H18/c1-3-4-6-9-12(2)13-10-7-5-8-11-13/h4-8,10-12H,3,9H2,1-2H3/b6-4+. The average Bonchev–Trinajstić information content (AvgIpc) is 2.19. The van der Waals surface area contributed by atoms with E-state index in [2.05, 4.69) is 56.3 Å². The Hall–Kier alpha value is -1.04. The maximum atomic E-state index is 2.28. The molecule has 0 amide bonds. The molecule has 0 nitrogen and oxygen atoms in total. The van der Waals surface area contributed by atoms with E-state index < -0.39 is 0 Å². The second-order valence-corrected chi connectivity index (χ2v) is 3.43. The average molecular weight is 174 g/mol. The van der Waals surface area contributed by atoms with Gasteiger partial charge in [0.2, 0.25) is 0 Å². The van der Waals surface area contributed by atoms with Gasteiger partial charge in [0.05, 0.1) is 0 Å². The maximum Gasteiger partial charge on any atom is -0.0156 e. The van der Waals surface area contributed by atoms with Crippen LogP contribution in [0.25, 0.3) is 0 Å². The molecule has 0 N–H and O–H groups in total. The summed E-state index contributed by atoms with van der Waals surface area (Å²) in [5.41, 5.74) is 1.43. The molecule has 0 aliphatic rings. The highest BCUT2D eigenvalue weighted by Crippen LogP contribution is 2.18. The van der Waals surface area contributed by atoms with Gasteiger partial charge in [0.25, 0.3) is 0 Å². The fraction of sp³-hybridized carbons (Fsp3) is 0.385. The monoisotopic (exact) mass is 174 g/mol. The van der Waals surface area contributed by atoms with Crippen LogP contribution < -0.4 is 0 Å². The Balaban J connectivity index is 2.49. The van der Waals surface area contributed by atoms with Gasteiger partial charge in [0.1, 0.15) is 0 Å². The van der Waals surface area contributed by atoms with Crippen LogP contribution in [0.1, 0.15) is 38.2 Å². The van der Waals surface area contributed by atoms with Crippen LogP contribution in [-0.4, -0.2) is 0 Å². The second-order valence-electron chi connectivity index (χ2n) is 3.43. The van der Waals surface area contributed by atoms with E-state index in [1.54, 1.807) is 0 Å². The van der Waals surface area contributed by atoms with Crippen molar-refractivity contribution in [3.63, 3.8) is 0 Å². The van der Waals surface area contributed by atoms with Crippen LogP contribution in [0.5, 0.6) is 0 Å². The molecule has 0 heterocycles. The van der Waals surface area contributed by atoms with Crippen molar-refractivity contribution in [1.82, 2.24) is 0 Å². The smallest absolute Gasteiger partial charge is 0.0156 e. The lowest BCUT2D eigenvalue weighted by atomic mass is 9.98. The molecule has 1 aromatic carbocycles. The Kier molecular flexibility index (Phi) is 4.31. The van der Waals surface area contributed by atoms with Crippen LogP contribution >= 0.6 is 0 Å². The van der Waals surface area contributed by atoms with Crippen molar-refractivity contribution >= 4 is 0 Å². The van der Waals surface area contributed by atoms with Gasteiger partial charge in [-0.1, -0.05) is 56.3 Å². The van der Waals surface area contributed by atoms with Crippen molar-refractivity contribution in [2.75, 3.05) is 0 Å². The molecule has 1 rings (SSSR count). The van der Waals surface area contributed by atoms with Crippen molar-refractivity contribution in [1.29, 1.82) is 0 Å². The van der Waals surface area contributed by atoms with Gasteiger partial charge >= 0.3 is 0 Å². The summed E-state index contributed by atoms with van der Waals surface area (Å²) in [5, 5.41) is 0. The van der Waals surface area contributed by atoms with E-state index in [1.807, 2.05) is 0 Å². The summed E-state index contributed by atoms with van der Waals surface area (Å²) in [5.74, 6) is 0.643. The molecule has 0 saturated heterocycles. The van der Waals surface area contributed by atoms with E-state index in [9.17, 15) is 0 Å². The molecule has 0 heteroatoms. The topological polar surface area (TPSA) is 0 Å². The van der Waals surface area contributed by atoms with Crippen LogP contribution in [0.3, 0.4) is 0 Å². The molecule has 1 unspecified atom stereocenters. The molecule has 13 heavy (non-hydrogen) atoms. The third-order valence-corrected chi connectivity index (χ3v) is 2.26. The zero-order valence-electron chi connectivity index (χ0n) is 8.53. The van der Waals surface area contributed by atoms with Gasteiger partial charge in [-0.2, -0.15) is 0 Å². The van der Waals surface area contributed by atoms with Gasteiger partial charge in [-0.05, 0) is 24.3 Å². The lowest BCUT2D eigenvalue weighted by molar-refractivity contribution is 0.778. The van der Waals surface area contributed by atoms with Crippen LogP contribution in [0.4, 0.5) is 0 Å². The minimum Gasteiger partial charge on any atom is -0.0888 e. The Bertz CT molecular complexity index is 246. The Morgan fingerprint density at radius 3 is 2.46 bits per heavy atom. The van der Waals surface area contributed by atoms with Gasteiger partial charge < -0.3 is 0 Å². The molecule has 1 atom stereocenters. The first kappa shape index (κ1) is 10.0. The summed E-state index contributed by atoms with van der Waals surface area (Å²) in [4.78, 5) is 0. The van der Waals surface area contributed by atoms with Crippen molar-refractivity contribution in [2.24, 2.45) is 0 Å². The van der Waals surface area contributed by atoms with Crippen molar-refractivity contribution in [3.05, 3.63) is 48.0 Å². The highest BCUT2D eigenvalue weighted by Gasteiger charge is 2.00. The number of hydrogen-bond acceptors (Lipinski definition) is 0. The van der Waals surface area contributed by atoms with E-state index in [0.717, 1.165) is 12.8 Å². The van der Waals surface area contributed by atoms with Crippen molar-refractivity contribution in [3.8, 4) is 0 Å². The number of allylic oxidation sites excluding steroid dienone is 2. The predicted molar refractivity (Wildman–Crippen MR) is 58.9 cm³/mol. The van der Waals surface area contributed by atoms with Crippen LogP contribution in [0, 0.1) is 0 Å². The normalized spacial score (nSPS) is 13.4. The summed E-state index contributed by atoms with van der Waals surface area (Å²) in [7, 11) is 0. The molecule has 0 aliphatic carbocycles. The highest BCUT2D eigenvalue weighted by molar-refractivity contribution is 5.19. The zero-order valence-corrected chi connectivity index (χ0v) is 8.53. The molecule has 0 fully saturated rings. The molecule has 0 aromatic heterocycles. The summed E-state index contributed by atoms with van der Waals surface area (Å²) in [6.07, 6.45) is 6.80. The predicted octanol–water partition coefficient (Wildman–Crippen LogP) is 4.15. The summed E-state index contributed by atoms with van der Waals surface area (Å²) in [6.45, 7) is 4.44. The van der Waals surface area contributed by atoms with Crippen LogP contribution in [0.15, 0.2) is 42.5 Å². The van der Waals surface area contributed by atoms with E-state index in [1.165, 1.54) is 5.56 Å². The minimum atomic E-state index is 0.643. The minimum absolute atomic E-state index is 0.643. The largest absolute Gasteiger partial charge is 0.0888 e. The van der Waals surface area contributed by atoms with E-state index in [0.29, 0.717) is 5.92 Å². The first-order valence-corrected chi connectivity index (χ1v) is 5.04. The number of hydrogen-bond donors (Lipinski definition) is 0. The van der Waals surface area contributed by atoms with Crippen molar-refractivity contribution in [2.45, 2.75) is 32.6 Å². The Labute approximate surface area is 81.3 Å². The third kappa shape index (κ3) is 3.45. The number of benzene rings is 1. The van der Waals surface area contributed by atoms with E-state index in [4.69, 9.17) is 0 Å². The highest BCUT2D eigenvalue weighted by atomic mass is 14.1. The lowest BCUT2D eigenvalue weighted by Gasteiger charge is -2.07. The van der Waals surface area contributed by atoms with Gasteiger partial charge in [0, 0.05) is 0 Å². The fourth-order valence-electron chi connectivity index (χ4n) is 1.38. The molecule has 0 radical (unpaired) electrons. The number of rotatable bonds is 4. The lowest BCUT2D eigenvalue weighted by Crippen LogP contribution is -1.90. The van der Waals surface area contributed by atoms with Gasteiger partial charge in [-0.25, -0.2) is 0 Å². The third-order valence-electron chi connectivity index (χ3n) is 2.26. The molecule has 70 valence electrons. The molecule has 0 bridgehead atoms. The summed E-state index contributed by atoms with van der Waals surface area (Å²) < 4.78 is 0.